The summed E-state index contributed by atoms with van der Waals surface area (Å²) in [4.78, 5) is 13.8. The minimum absolute atomic E-state index is 0.197. The lowest BCUT2D eigenvalue weighted by atomic mass is 10.1. The Kier molecular flexibility index (Phi) is 3.88. The van der Waals surface area contributed by atoms with Gasteiger partial charge in [-0.3, -0.25) is 15.1 Å². The highest BCUT2D eigenvalue weighted by Gasteiger charge is 2.23. The summed E-state index contributed by atoms with van der Waals surface area (Å²) < 4.78 is 26.7. The van der Waals surface area contributed by atoms with Crippen molar-refractivity contribution in [1.82, 2.24) is 4.98 Å². The number of hydrogen-bond acceptors (Lipinski definition) is 4. The molecule has 0 spiro atoms. The molecule has 0 aliphatic rings. The number of halogens is 2. The van der Waals surface area contributed by atoms with Crippen molar-refractivity contribution >= 4 is 11.4 Å². The second-order valence-corrected chi connectivity index (χ2v) is 4.19. The van der Waals surface area contributed by atoms with Crippen molar-refractivity contribution in [1.29, 1.82) is 0 Å². The van der Waals surface area contributed by atoms with Gasteiger partial charge in [0.2, 0.25) is 5.82 Å². The van der Waals surface area contributed by atoms with Crippen LogP contribution in [0, 0.1) is 21.7 Å². The number of pyridine rings is 1. The van der Waals surface area contributed by atoms with Crippen LogP contribution in [0.15, 0.2) is 36.7 Å². The summed E-state index contributed by atoms with van der Waals surface area (Å²) in [6, 6.07) is 4.44. The summed E-state index contributed by atoms with van der Waals surface area (Å²) >= 11 is 0. The van der Waals surface area contributed by atoms with Crippen molar-refractivity contribution < 1.29 is 13.7 Å². The van der Waals surface area contributed by atoms with E-state index in [-0.39, 0.29) is 11.7 Å². The van der Waals surface area contributed by atoms with Gasteiger partial charge in [-0.25, -0.2) is 4.39 Å². The Morgan fingerprint density at radius 2 is 1.95 bits per heavy atom. The molecule has 7 heteroatoms. The molecule has 0 fully saturated rings. The molecule has 1 heterocycles. The minimum Gasteiger partial charge on any atom is -0.373 e. The van der Waals surface area contributed by atoms with Crippen LogP contribution in [-0.2, 0) is 0 Å². The Balaban J connectivity index is 2.36. The first-order valence-electron chi connectivity index (χ1n) is 5.79. The highest BCUT2D eigenvalue weighted by atomic mass is 19.1. The Morgan fingerprint density at radius 3 is 2.55 bits per heavy atom. The number of nitrogens with one attached hydrogen (secondary N) is 1. The predicted molar refractivity (Wildman–Crippen MR) is 69.3 cm³/mol. The number of aromatic nitrogens is 1. The lowest BCUT2D eigenvalue weighted by Crippen LogP contribution is -2.09. The van der Waals surface area contributed by atoms with Gasteiger partial charge in [0.1, 0.15) is 11.5 Å². The third-order valence-electron chi connectivity index (χ3n) is 2.79. The monoisotopic (exact) mass is 279 g/mol. The van der Waals surface area contributed by atoms with E-state index in [1.54, 1.807) is 31.5 Å². The van der Waals surface area contributed by atoms with E-state index in [9.17, 15) is 18.9 Å². The van der Waals surface area contributed by atoms with E-state index in [4.69, 9.17) is 0 Å². The molecule has 104 valence electrons. The first kappa shape index (κ1) is 13.9. The lowest BCUT2D eigenvalue weighted by Gasteiger charge is -2.15. The Morgan fingerprint density at radius 1 is 1.30 bits per heavy atom. The molecular formula is C13H11F2N3O2. The summed E-state index contributed by atoms with van der Waals surface area (Å²) in [5.74, 6) is -2.09. The number of hydrogen-bond donors (Lipinski definition) is 1. The van der Waals surface area contributed by atoms with E-state index in [1.807, 2.05) is 0 Å². The quantitative estimate of drug-likeness (QED) is 0.687. The molecule has 5 nitrogen and oxygen atoms in total. The first-order valence-corrected chi connectivity index (χ1v) is 5.79. The molecule has 0 aliphatic heterocycles. The molecule has 1 atom stereocenters. The van der Waals surface area contributed by atoms with Crippen LogP contribution in [0.5, 0.6) is 0 Å². The molecule has 1 unspecified atom stereocenters. The largest absolute Gasteiger partial charge is 0.373 e. The first-order chi connectivity index (χ1) is 9.49. The van der Waals surface area contributed by atoms with E-state index in [2.05, 4.69) is 10.3 Å². The van der Waals surface area contributed by atoms with Crippen molar-refractivity contribution in [2.45, 2.75) is 13.0 Å². The number of anilines is 1. The van der Waals surface area contributed by atoms with Gasteiger partial charge in [0, 0.05) is 30.6 Å². The highest BCUT2D eigenvalue weighted by Crippen LogP contribution is 2.31. The van der Waals surface area contributed by atoms with Crippen LogP contribution < -0.4 is 5.32 Å². The summed E-state index contributed by atoms with van der Waals surface area (Å²) in [5, 5.41) is 13.6. The van der Waals surface area contributed by atoms with E-state index >= 15 is 0 Å². The molecule has 20 heavy (non-hydrogen) atoms. The van der Waals surface area contributed by atoms with Gasteiger partial charge in [0.05, 0.1) is 4.92 Å². The van der Waals surface area contributed by atoms with Gasteiger partial charge in [0.15, 0.2) is 0 Å². The van der Waals surface area contributed by atoms with Crippen LogP contribution in [0.3, 0.4) is 0 Å². The Labute approximate surface area is 113 Å². The maximum atomic E-state index is 13.5. The van der Waals surface area contributed by atoms with Crippen LogP contribution in [0.2, 0.25) is 0 Å². The molecule has 1 aromatic carbocycles. The highest BCUT2D eigenvalue weighted by molar-refractivity contribution is 5.63. The van der Waals surface area contributed by atoms with Gasteiger partial charge < -0.3 is 5.32 Å². The van der Waals surface area contributed by atoms with E-state index in [0.717, 1.165) is 11.6 Å². The minimum atomic E-state index is -1.21. The van der Waals surface area contributed by atoms with Crippen LogP contribution in [-0.4, -0.2) is 9.91 Å². The van der Waals surface area contributed by atoms with Crippen molar-refractivity contribution in [3.05, 3.63) is 64.0 Å². The van der Waals surface area contributed by atoms with Gasteiger partial charge in [0.25, 0.3) is 0 Å². The van der Waals surface area contributed by atoms with Crippen molar-refractivity contribution in [3.63, 3.8) is 0 Å². The molecule has 1 N–H and O–H groups in total. The number of benzene rings is 1. The topological polar surface area (TPSA) is 68.1 Å². The molecular weight excluding hydrogens is 268 g/mol. The number of nitro groups is 1. The molecule has 0 amide bonds. The number of nitrogens with zero attached hydrogens (tertiary/aromatic N) is 2. The third-order valence-corrected chi connectivity index (χ3v) is 2.79. The summed E-state index contributed by atoms with van der Waals surface area (Å²) in [7, 11) is 0. The zero-order valence-corrected chi connectivity index (χ0v) is 10.5. The smallest absolute Gasteiger partial charge is 0.327 e. The standard InChI is InChI=1S/C13H11F2N3O2/c1-8(9-2-4-16-5-3-9)17-12-7-10(14)6-11(15)13(12)18(19)20/h2-8,17H,1H3. The molecule has 0 bridgehead atoms. The lowest BCUT2D eigenvalue weighted by molar-refractivity contribution is -0.386. The van der Waals surface area contributed by atoms with E-state index < -0.39 is 22.2 Å². The van der Waals surface area contributed by atoms with Crippen LogP contribution >= 0.6 is 0 Å². The molecule has 1 aromatic heterocycles. The molecule has 2 rings (SSSR count). The Bertz CT molecular complexity index is 635. The molecule has 0 radical (unpaired) electrons. The summed E-state index contributed by atoms with van der Waals surface area (Å²) in [6.45, 7) is 1.72. The molecule has 0 saturated carbocycles. The molecule has 2 aromatic rings. The normalized spacial score (nSPS) is 11.9. The van der Waals surface area contributed by atoms with Gasteiger partial charge in [-0.05, 0) is 24.6 Å². The average Bonchev–Trinajstić information content (AvgIpc) is 2.38. The fourth-order valence-corrected chi connectivity index (χ4v) is 1.83. The fourth-order valence-electron chi connectivity index (χ4n) is 1.83. The number of rotatable bonds is 4. The summed E-state index contributed by atoms with van der Waals surface area (Å²) in [6.07, 6.45) is 3.13. The second kappa shape index (κ2) is 5.60. The summed E-state index contributed by atoms with van der Waals surface area (Å²) in [5.41, 5.74) is -0.178. The maximum Gasteiger partial charge on any atom is 0.327 e. The van der Waals surface area contributed by atoms with Crippen LogP contribution in [0.1, 0.15) is 18.5 Å². The predicted octanol–water partition coefficient (Wildman–Crippen LogP) is 3.44. The maximum absolute atomic E-state index is 13.5. The third kappa shape index (κ3) is 2.87. The van der Waals surface area contributed by atoms with Gasteiger partial charge in [-0.2, -0.15) is 4.39 Å². The molecule has 0 aliphatic carbocycles. The van der Waals surface area contributed by atoms with Gasteiger partial charge in [-0.1, -0.05) is 0 Å². The van der Waals surface area contributed by atoms with E-state index in [1.165, 1.54) is 0 Å². The zero-order chi connectivity index (χ0) is 14.7. The molecule has 0 saturated heterocycles. The second-order valence-electron chi connectivity index (χ2n) is 4.19. The average molecular weight is 279 g/mol. The van der Waals surface area contributed by atoms with Crippen molar-refractivity contribution in [2.24, 2.45) is 0 Å². The van der Waals surface area contributed by atoms with Crippen molar-refractivity contribution in [2.75, 3.05) is 5.32 Å². The van der Waals surface area contributed by atoms with Crippen molar-refractivity contribution in [3.8, 4) is 0 Å². The van der Waals surface area contributed by atoms with Gasteiger partial charge in [-0.15, -0.1) is 0 Å². The zero-order valence-electron chi connectivity index (χ0n) is 10.5. The Hall–Kier alpha value is -2.57. The number of nitro benzene ring substituents is 1. The van der Waals surface area contributed by atoms with Gasteiger partial charge >= 0.3 is 5.69 Å². The fraction of sp³-hybridized carbons (Fsp3) is 0.154. The van der Waals surface area contributed by atoms with Crippen LogP contribution in [0.4, 0.5) is 20.2 Å². The van der Waals surface area contributed by atoms with E-state index in [0.29, 0.717) is 6.07 Å². The SMILES string of the molecule is CC(Nc1cc(F)cc(F)c1[N+](=O)[O-])c1ccncc1. The van der Waals surface area contributed by atoms with Crippen LogP contribution in [0.25, 0.3) is 0 Å².